The number of aromatic nitrogens is 1. The third kappa shape index (κ3) is 3.93. The Morgan fingerprint density at radius 2 is 1.96 bits per heavy atom. The van der Waals surface area contributed by atoms with Crippen LogP contribution in [-0.4, -0.2) is 39.7 Å². The van der Waals surface area contributed by atoms with E-state index in [4.69, 9.17) is 16.3 Å². The monoisotopic (exact) mass is 353 g/mol. The van der Waals surface area contributed by atoms with Crippen molar-refractivity contribution in [1.29, 1.82) is 0 Å². The Hall–Kier alpha value is -1.83. The fourth-order valence-electron chi connectivity index (χ4n) is 2.27. The van der Waals surface area contributed by atoms with Crippen LogP contribution in [0.3, 0.4) is 0 Å². The van der Waals surface area contributed by atoms with Gasteiger partial charge in [0.15, 0.2) is 0 Å². The first-order chi connectivity index (χ1) is 11.0. The zero-order chi connectivity index (χ0) is 16.3. The van der Waals surface area contributed by atoms with Crippen molar-refractivity contribution in [3.05, 3.63) is 47.6 Å². The van der Waals surface area contributed by atoms with Crippen molar-refractivity contribution in [3.63, 3.8) is 0 Å². The van der Waals surface area contributed by atoms with Gasteiger partial charge in [0.25, 0.3) is 10.0 Å². The van der Waals surface area contributed by atoms with Crippen molar-refractivity contribution in [2.24, 2.45) is 0 Å². The molecule has 1 fully saturated rings. The van der Waals surface area contributed by atoms with Gasteiger partial charge in [-0.25, -0.2) is 13.4 Å². The molecular formula is C15H16ClN3O3S. The molecule has 1 aromatic heterocycles. The summed E-state index contributed by atoms with van der Waals surface area (Å²) in [5.41, 5.74) is 0.405. The summed E-state index contributed by atoms with van der Waals surface area (Å²) in [5.74, 6) is 0.805. The lowest BCUT2D eigenvalue weighted by Gasteiger charge is -2.27. The zero-order valence-corrected chi connectivity index (χ0v) is 13.8. The first kappa shape index (κ1) is 16.0. The highest BCUT2D eigenvalue weighted by Crippen LogP contribution is 2.20. The Labute approximate surface area is 140 Å². The van der Waals surface area contributed by atoms with Crippen LogP contribution in [0.4, 0.5) is 11.5 Å². The van der Waals surface area contributed by atoms with Crippen LogP contribution < -0.4 is 9.62 Å². The highest BCUT2D eigenvalue weighted by atomic mass is 35.5. The number of hydrogen-bond donors (Lipinski definition) is 1. The standard InChI is InChI=1S/C15H16ClN3O3S/c16-12-2-1-3-14(10-12)23(20,21)18-13-4-5-15(17-11-13)19-6-8-22-9-7-19/h1-5,10-11,18H,6-9H2. The molecule has 23 heavy (non-hydrogen) atoms. The lowest BCUT2D eigenvalue weighted by atomic mass is 10.3. The molecule has 0 saturated carbocycles. The number of sulfonamides is 1. The topological polar surface area (TPSA) is 71.5 Å². The number of nitrogens with one attached hydrogen (secondary N) is 1. The van der Waals surface area contributed by atoms with Crippen LogP contribution in [0.1, 0.15) is 0 Å². The molecule has 0 unspecified atom stereocenters. The number of pyridine rings is 1. The van der Waals surface area contributed by atoms with E-state index >= 15 is 0 Å². The van der Waals surface area contributed by atoms with Gasteiger partial charge < -0.3 is 9.64 Å². The molecule has 122 valence electrons. The van der Waals surface area contributed by atoms with Crippen LogP contribution in [0.2, 0.25) is 5.02 Å². The molecule has 1 N–H and O–H groups in total. The molecule has 0 radical (unpaired) electrons. The van der Waals surface area contributed by atoms with Crippen LogP contribution in [0.25, 0.3) is 0 Å². The molecule has 1 saturated heterocycles. The second-order valence-corrected chi connectivity index (χ2v) is 7.19. The van der Waals surface area contributed by atoms with Gasteiger partial charge >= 0.3 is 0 Å². The summed E-state index contributed by atoms with van der Waals surface area (Å²) in [6, 6.07) is 9.60. The summed E-state index contributed by atoms with van der Waals surface area (Å²) in [6.07, 6.45) is 1.51. The van der Waals surface area contributed by atoms with Crippen molar-refractivity contribution in [2.45, 2.75) is 4.90 Å². The van der Waals surface area contributed by atoms with Crippen LogP contribution in [0.15, 0.2) is 47.5 Å². The maximum Gasteiger partial charge on any atom is 0.261 e. The van der Waals surface area contributed by atoms with Gasteiger partial charge in [-0.3, -0.25) is 4.72 Å². The van der Waals surface area contributed by atoms with Crippen molar-refractivity contribution < 1.29 is 13.2 Å². The number of nitrogens with zero attached hydrogens (tertiary/aromatic N) is 2. The Morgan fingerprint density at radius 1 is 1.17 bits per heavy atom. The van der Waals surface area contributed by atoms with Gasteiger partial charge in [-0.1, -0.05) is 17.7 Å². The minimum absolute atomic E-state index is 0.113. The molecule has 1 aliphatic heterocycles. The first-order valence-corrected chi connectivity index (χ1v) is 8.98. The van der Waals surface area contributed by atoms with E-state index in [-0.39, 0.29) is 4.90 Å². The average molecular weight is 354 g/mol. The minimum atomic E-state index is -3.68. The molecule has 3 rings (SSSR count). The highest BCUT2D eigenvalue weighted by molar-refractivity contribution is 7.92. The maximum absolute atomic E-state index is 12.3. The lowest BCUT2D eigenvalue weighted by Crippen LogP contribution is -2.36. The summed E-state index contributed by atoms with van der Waals surface area (Å²) in [5, 5.41) is 0.369. The molecule has 2 heterocycles. The van der Waals surface area contributed by atoms with Crippen LogP contribution in [0.5, 0.6) is 0 Å². The van der Waals surface area contributed by atoms with E-state index in [0.29, 0.717) is 23.9 Å². The number of benzene rings is 1. The lowest BCUT2D eigenvalue weighted by molar-refractivity contribution is 0.122. The molecule has 0 atom stereocenters. The van der Waals surface area contributed by atoms with E-state index in [1.165, 1.54) is 18.3 Å². The SMILES string of the molecule is O=S(=O)(Nc1ccc(N2CCOCC2)nc1)c1cccc(Cl)c1. The van der Waals surface area contributed by atoms with Crippen molar-refractivity contribution in [2.75, 3.05) is 35.9 Å². The van der Waals surface area contributed by atoms with Gasteiger partial charge in [-0.15, -0.1) is 0 Å². The molecular weight excluding hydrogens is 338 g/mol. The fraction of sp³-hybridized carbons (Fsp3) is 0.267. The van der Waals surface area contributed by atoms with E-state index in [1.807, 2.05) is 0 Å². The number of hydrogen-bond acceptors (Lipinski definition) is 5. The van der Waals surface area contributed by atoms with Gasteiger partial charge in [-0.2, -0.15) is 0 Å². The summed E-state index contributed by atoms with van der Waals surface area (Å²) < 4.78 is 32.4. The zero-order valence-electron chi connectivity index (χ0n) is 12.3. The molecule has 6 nitrogen and oxygen atoms in total. The number of halogens is 1. The minimum Gasteiger partial charge on any atom is -0.378 e. The Morgan fingerprint density at radius 3 is 2.61 bits per heavy atom. The van der Waals surface area contributed by atoms with E-state index in [1.54, 1.807) is 24.3 Å². The number of anilines is 2. The quantitative estimate of drug-likeness (QED) is 0.913. The molecule has 0 aliphatic carbocycles. The van der Waals surface area contributed by atoms with E-state index in [2.05, 4.69) is 14.6 Å². The Bertz CT molecular complexity index is 775. The molecule has 0 spiro atoms. The van der Waals surface area contributed by atoms with Gasteiger partial charge in [0.2, 0.25) is 0 Å². The van der Waals surface area contributed by atoms with Crippen LogP contribution in [-0.2, 0) is 14.8 Å². The van der Waals surface area contributed by atoms with Gasteiger partial charge in [0.05, 0.1) is 30.0 Å². The van der Waals surface area contributed by atoms with Crippen molar-refractivity contribution in [1.82, 2.24) is 4.98 Å². The van der Waals surface area contributed by atoms with Crippen molar-refractivity contribution >= 4 is 33.1 Å². The highest BCUT2D eigenvalue weighted by Gasteiger charge is 2.16. The van der Waals surface area contributed by atoms with Crippen LogP contribution in [0, 0.1) is 0 Å². The van der Waals surface area contributed by atoms with E-state index in [9.17, 15) is 8.42 Å². The second-order valence-electron chi connectivity index (χ2n) is 5.07. The summed E-state index contributed by atoms with van der Waals surface area (Å²) in [4.78, 5) is 6.52. The summed E-state index contributed by atoms with van der Waals surface area (Å²) in [7, 11) is -3.68. The number of rotatable bonds is 4. The predicted octanol–water partition coefficient (Wildman–Crippen LogP) is 2.37. The second kappa shape index (κ2) is 6.74. The molecule has 1 aromatic carbocycles. The predicted molar refractivity (Wildman–Crippen MR) is 89.5 cm³/mol. The van der Waals surface area contributed by atoms with Crippen molar-refractivity contribution in [3.8, 4) is 0 Å². The first-order valence-electron chi connectivity index (χ1n) is 7.12. The molecule has 0 bridgehead atoms. The normalized spacial score (nSPS) is 15.4. The summed E-state index contributed by atoms with van der Waals surface area (Å²) in [6.45, 7) is 2.90. The van der Waals surface area contributed by atoms with E-state index < -0.39 is 10.0 Å². The Kier molecular flexibility index (Phi) is 4.70. The number of ether oxygens (including phenoxy) is 1. The molecule has 0 amide bonds. The largest absolute Gasteiger partial charge is 0.378 e. The van der Waals surface area contributed by atoms with Gasteiger partial charge in [-0.05, 0) is 30.3 Å². The molecule has 1 aliphatic rings. The third-order valence-corrected chi connectivity index (χ3v) is 5.06. The van der Waals surface area contributed by atoms with E-state index in [0.717, 1.165) is 18.9 Å². The third-order valence-electron chi connectivity index (χ3n) is 3.44. The van der Waals surface area contributed by atoms with Gasteiger partial charge in [0.1, 0.15) is 5.82 Å². The summed E-state index contributed by atoms with van der Waals surface area (Å²) >= 11 is 5.84. The smallest absolute Gasteiger partial charge is 0.261 e. The molecule has 2 aromatic rings. The van der Waals surface area contributed by atoms with Crippen LogP contribution >= 0.6 is 11.6 Å². The fourth-order valence-corrected chi connectivity index (χ4v) is 3.62. The van der Waals surface area contributed by atoms with Gasteiger partial charge in [0, 0.05) is 18.1 Å². The Balaban J connectivity index is 1.75. The maximum atomic E-state index is 12.3. The molecule has 8 heteroatoms. The number of morpholine rings is 1. The average Bonchev–Trinajstić information content (AvgIpc) is 2.56.